The lowest BCUT2D eigenvalue weighted by molar-refractivity contribution is -0.142. The van der Waals surface area contributed by atoms with Gasteiger partial charge in [-0.2, -0.15) is 0 Å². The van der Waals surface area contributed by atoms with E-state index in [9.17, 15) is 4.79 Å². The first-order chi connectivity index (χ1) is 9.69. The second kappa shape index (κ2) is 5.29. The fourth-order valence-electron chi connectivity index (χ4n) is 2.39. The van der Waals surface area contributed by atoms with Gasteiger partial charge in [0.25, 0.3) is 0 Å². The largest absolute Gasteiger partial charge is 0.466 e. The van der Waals surface area contributed by atoms with Crippen molar-refractivity contribution < 1.29 is 13.9 Å². The van der Waals surface area contributed by atoms with E-state index in [2.05, 4.69) is 15.9 Å². The molecule has 0 aliphatic rings. The Hall–Kier alpha value is -1.81. The van der Waals surface area contributed by atoms with Crippen molar-refractivity contribution >= 4 is 43.8 Å². The Labute approximate surface area is 124 Å². The molecule has 3 nitrogen and oxygen atoms in total. The van der Waals surface area contributed by atoms with Crippen LogP contribution in [0.4, 0.5) is 0 Å². The van der Waals surface area contributed by atoms with Crippen molar-refractivity contribution in [3.8, 4) is 0 Å². The number of ether oxygens (including phenoxy) is 1. The summed E-state index contributed by atoms with van der Waals surface area (Å²) in [7, 11) is 0. The molecular weight excluding hydrogens is 320 g/mol. The van der Waals surface area contributed by atoms with Gasteiger partial charge in [-0.25, -0.2) is 0 Å². The smallest absolute Gasteiger partial charge is 0.310 e. The molecule has 0 amide bonds. The topological polar surface area (TPSA) is 39.4 Å². The molecule has 0 atom stereocenters. The predicted molar refractivity (Wildman–Crippen MR) is 81.8 cm³/mol. The van der Waals surface area contributed by atoms with Gasteiger partial charge >= 0.3 is 5.97 Å². The molecule has 2 aromatic carbocycles. The summed E-state index contributed by atoms with van der Waals surface area (Å²) in [5, 5.41) is 1.99. The van der Waals surface area contributed by atoms with E-state index in [0.717, 1.165) is 32.0 Å². The molecule has 0 spiro atoms. The number of esters is 1. The van der Waals surface area contributed by atoms with Gasteiger partial charge in [-0.1, -0.05) is 28.1 Å². The Balaban J connectivity index is 2.19. The SMILES string of the molecule is CCOC(=O)Cc1cccc2oc3ccc(Br)cc3c12. The van der Waals surface area contributed by atoms with E-state index in [1.165, 1.54) is 0 Å². The van der Waals surface area contributed by atoms with E-state index in [0.29, 0.717) is 6.61 Å². The molecule has 0 fully saturated rings. The lowest BCUT2D eigenvalue weighted by Crippen LogP contribution is -2.07. The number of rotatable bonds is 3. The molecule has 20 heavy (non-hydrogen) atoms. The first-order valence-corrected chi connectivity index (χ1v) is 7.23. The molecule has 3 aromatic rings. The molecule has 0 aliphatic carbocycles. The van der Waals surface area contributed by atoms with Crippen LogP contribution in [0.15, 0.2) is 45.3 Å². The van der Waals surface area contributed by atoms with Crippen LogP contribution in [0, 0.1) is 0 Å². The van der Waals surface area contributed by atoms with Gasteiger partial charge in [0.05, 0.1) is 13.0 Å². The van der Waals surface area contributed by atoms with Gasteiger partial charge in [0.15, 0.2) is 0 Å². The minimum Gasteiger partial charge on any atom is -0.466 e. The van der Waals surface area contributed by atoms with Crippen molar-refractivity contribution in [3.05, 3.63) is 46.4 Å². The lowest BCUT2D eigenvalue weighted by Gasteiger charge is -2.03. The lowest BCUT2D eigenvalue weighted by atomic mass is 10.0. The van der Waals surface area contributed by atoms with Crippen LogP contribution in [-0.4, -0.2) is 12.6 Å². The van der Waals surface area contributed by atoms with Crippen molar-refractivity contribution in [2.75, 3.05) is 6.61 Å². The molecule has 1 heterocycles. The Bertz CT molecular complexity index is 789. The van der Waals surface area contributed by atoms with E-state index in [1.54, 1.807) is 0 Å². The van der Waals surface area contributed by atoms with Gasteiger partial charge in [0.1, 0.15) is 11.2 Å². The number of benzene rings is 2. The number of halogens is 1. The Morgan fingerprint density at radius 1 is 1.25 bits per heavy atom. The molecule has 102 valence electrons. The third kappa shape index (κ3) is 2.31. The third-order valence-corrected chi connectivity index (χ3v) is 3.68. The van der Waals surface area contributed by atoms with Gasteiger partial charge in [0, 0.05) is 15.2 Å². The average Bonchev–Trinajstić information content (AvgIpc) is 2.77. The Morgan fingerprint density at radius 2 is 2.10 bits per heavy atom. The maximum Gasteiger partial charge on any atom is 0.310 e. The number of carbonyl (C=O) groups is 1. The highest BCUT2D eigenvalue weighted by atomic mass is 79.9. The first-order valence-electron chi connectivity index (χ1n) is 6.44. The van der Waals surface area contributed by atoms with Crippen LogP contribution in [0.5, 0.6) is 0 Å². The Morgan fingerprint density at radius 3 is 2.90 bits per heavy atom. The van der Waals surface area contributed by atoms with Gasteiger partial charge in [-0.3, -0.25) is 4.79 Å². The van der Waals surface area contributed by atoms with Crippen molar-refractivity contribution in [3.63, 3.8) is 0 Å². The Kier molecular flexibility index (Phi) is 3.49. The highest BCUT2D eigenvalue weighted by Gasteiger charge is 2.14. The molecule has 0 bridgehead atoms. The second-order valence-electron chi connectivity index (χ2n) is 4.51. The molecule has 1 aromatic heterocycles. The van der Waals surface area contributed by atoms with Crippen molar-refractivity contribution in [1.82, 2.24) is 0 Å². The molecular formula is C16H13BrO3. The van der Waals surface area contributed by atoms with E-state index in [4.69, 9.17) is 9.15 Å². The van der Waals surface area contributed by atoms with Crippen LogP contribution < -0.4 is 0 Å². The fourth-order valence-corrected chi connectivity index (χ4v) is 2.75. The summed E-state index contributed by atoms with van der Waals surface area (Å²) >= 11 is 3.47. The van der Waals surface area contributed by atoms with Crippen LogP contribution in [0.2, 0.25) is 0 Å². The number of hydrogen-bond acceptors (Lipinski definition) is 3. The molecule has 0 radical (unpaired) electrons. The normalized spacial score (nSPS) is 11.1. The first kappa shape index (κ1) is 13.2. The average molecular weight is 333 g/mol. The monoisotopic (exact) mass is 332 g/mol. The summed E-state index contributed by atoms with van der Waals surface area (Å²) < 4.78 is 11.8. The number of hydrogen-bond donors (Lipinski definition) is 0. The van der Waals surface area contributed by atoms with Crippen LogP contribution in [0.1, 0.15) is 12.5 Å². The summed E-state index contributed by atoms with van der Waals surface area (Å²) in [5.41, 5.74) is 2.54. The summed E-state index contributed by atoms with van der Waals surface area (Å²) in [5.74, 6) is -0.218. The van der Waals surface area contributed by atoms with Crippen LogP contribution in [0.3, 0.4) is 0 Å². The van der Waals surface area contributed by atoms with Crippen molar-refractivity contribution in [2.24, 2.45) is 0 Å². The highest BCUT2D eigenvalue weighted by Crippen LogP contribution is 2.33. The zero-order valence-corrected chi connectivity index (χ0v) is 12.6. The zero-order chi connectivity index (χ0) is 14.1. The predicted octanol–water partition coefficient (Wildman–Crippen LogP) is 4.45. The molecule has 0 saturated carbocycles. The maximum atomic E-state index is 11.7. The number of fused-ring (bicyclic) bond motifs is 3. The molecule has 3 rings (SSSR count). The molecule has 0 aliphatic heterocycles. The standard InChI is InChI=1S/C16H13BrO3/c1-2-19-15(18)8-10-4-3-5-14-16(10)12-9-11(17)6-7-13(12)20-14/h3-7,9H,2,8H2,1H3. The van der Waals surface area contributed by atoms with Crippen LogP contribution >= 0.6 is 15.9 Å². The zero-order valence-electron chi connectivity index (χ0n) is 11.0. The molecule has 0 saturated heterocycles. The maximum absolute atomic E-state index is 11.7. The van der Waals surface area contributed by atoms with Gasteiger partial charge < -0.3 is 9.15 Å². The molecule has 4 heteroatoms. The third-order valence-electron chi connectivity index (χ3n) is 3.18. The molecule has 0 N–H and O–H groups in total. The summed E-state index contributed by atoms with van der Waals surface area (Å²) in [6.07, 6.45) is 0.256. The van der Waals surface area contributed by atoms with Crippen LogP contribution in [0.25, 0.3) is 21.9 Å². The van der Waals surface area contributed by atoms with Crippen molar-refractivity contribution in [1.29, 1.82) is 0 Å². The van der Waals surface area contributed by atoms with Gasteiger partial charge in [-0.05, 0) is 36.8 Å². The van der Waals surface area contributed by atoms with E-state index in [1.807, 2.05) is 43.3 Å². The van der Waals surface area contributed by atoms with Crippen molar-refractivity contribution in [2.45, 2.75) is 13.3 Å². The van der Waals surface area contributed by atoms with Gasteiger partial charge in [-0.15, -0.1) is 0 Å². The quantitative estimate of drug-likeness (QED) is 0.665. The number of carbonyl (C=O) groups excluding carboxylic acids is 1. The minimum absolute atomic E-state index is 0.218. The van der Waals surface area contributed by atoms with Crippen LogP contribution in [-0.2, 0) is 16.0 Å². The molecule has 0 unspecified atom stereocenters. The second-order valence-corrected chi connectivity index (χ2v) is 5.43. The van der Waals surface area contributed by atoms with E-state index >= 15 is 0 Å². The van der Waals surface area contributed by atoms with Gasteiger partial charge in [0.2, 0.25) is 0 Å². The minimum atomic E-state index is -0.218. The number of furan rings is 1. The summed E-state index contributed by atoms with van der Waals surface area (Å²) in [6.45, 7) is 2.20. The summed E-state index contributed by atoms with van der Waals surface area (Å²) in [4.78, 5) is 11.7. The van der Waals surface area contributed by atoms with E-state index < -0.39 is 0 Å². The summed E-state index contributed by atoms with van der Waals surface area (Å²) in [6, 6.07) is 11.6. The van der Waals surface area contributed by atoms with E-state index in [-0.39, 0.29) is 12.4 Å². The fraction of sp³-hybridized carbons (Fsp3) is 0.188. The highest BCUT2D eigenvalue weighted by molar-refractivity contribution is 9.10.